The number of fused-ring (bicyclic) bond motifs is 1. The van der Waals surface area contributed by atoms with Crippen LogP contribution in [0.15, 0.2) is 126 Å². The normalized spacial score (nSPS) is 11.1. The highest BCUT2D eigenvalue weighted by Crippen LogP contribution is 2.29. The predicted molar refractivity (Wildman–Crippen MR) is 172 cm³/mol. The fourth-order valence-corrected chi connectivity index (χ4v) is 5.27. The second-order valence-corrected chi connectivity index (χ2v) is 10.7. The van der Waals surface area contributed by atoms with E-state index in [-0.39, 0.29) is 5.91 Å². The number of nitrogens with zero attached hydrogens (tertiary/aromatic N) is 2. The molecule has 0 spiro atoms. The molecule has 5 aromatic carbocycles. The smallest absolute Gasteiger partial charge is 0.271 e. The van der Waals surface area contributed by atoms with Gasteiger partial charge in [-0.15, -0.1) is 11.3 Å². The Morgan fingerprint density at radius 1 is 0.881 bits per heavy atom. The lowest BCUT2D eigenvalue weighted by atomic mass is 10.0. The van der Waals surface area contributed by atoms with Gasteiger partial charge in [0.1, 0.15) is 12.4 Å². The number of carbonyl (C=O) groups is 1. The summed E-state index contributed by atoms with van der Waals surface area (Å²) in [6.07, 6.45) is 1.64. The van der Waals surface area contributed by atoms with Crippen LogP contribution in [-0.4, -0.2) is 17.1 Å². The molecule has 206 valence electrons. The molecule has 0 aliphatic rings. The van der Waals surface area contributed by atoms with Gasteiger partial charge in [0.05, 0.1) is 11.9 Å². The first kappa shape index (κ1) is 27.2. The van der Waals surface area contributed by atoms with Crippen LogP contribution in [0.1, 0.15) is 21.5 Å². The van der Waals surface area contributed by atoms with E-state index in [4.69, 9.17) is 16.3 Å². The molecule has 1 amide bonds. The molecule has 6 nitrogen and oxygen atoms in total. The van der Waals surface area contributed by atoms with Crippen LogP contribution in [0.2, 0.25) is 5.02 Å². The minimum atomic E-state index is -0.312. The number of hydrogen-bond donors (Lipinski definition) is 2. The lowest BCUT2D eigenvalue weighted by Gasteiger charge is -2.12. The number of ether oxygens (including phenoxy) is 1. The van der Waals surface area contributed by atoms with Crippen LogP contribution in [-0.2, 0) is 6.61 Å². The van der Waals surface area contributed by atoms with Crippen molar-refractivity contribution in [2.45, 2.75) is 6.61 Å². The number of thiazole rings is 1. The average Bonchev–Trinajstić information content (AvgIpc) is 3.50. The maximum atomic E-state index is 12.9. The van der Waals surface area contributed by atoms with E-state index >= 15 is 0 Å². The van der Waals surface area contributed by atoms with E-state index in [1.54, 1.807) is 18.3 Å². The molecule has 0 bridgehead atoms. The van der Waals surface area contributed by atoms with Gasteiger partial charge in [-0.05, 0) is 58.8 Å². The fourth-order valence-electron chi connectivity index (χ4n) is 4.40. The van der Waals surface area contributed by atoms with E-state index < -0.39 is 0 Å². The Morgan fingerprint density at radius 3 is 2.45 bits per heavy atom. The average molecular weight is 589 g/mol. The maximum absolute atomic E-state index is 12.9. The van der Waals surface area contributed by atoms with E-state index in [1.165, 1.54) is 11.3 Å². The third-order valence-corrected chi connectivity index (χ3v) is 7.58. The fraction of sp³-hybridized carbons (Fsp3) is 0.0294. The number of aromatic nitrogens is 1. The zero-order valence-electron chi connectivity index (χ0n) is 22.3. The number of anilines is 2. The van der Waals surface area contributed by atoms with Gasteiger partial charge in [0.2, 0.25) is 0 Å². The summed E-state index contributed by atoms with van der Waals surface area (Å²) in [6.45, 7) is 0.427. The number of hydrogen-bond acceptors (Lipinski definition) is 6. The number of halogens is 1. The Labute approximate surface area is 252 Å². The molecule has 0 fully saturated rings. The second-order valence-electron chi connectivity index (χ2n) is 9.42. The summed E-state index contributed by atoms with van der Waals surface area (Å²) in [4.78, 5) is 17.5. The molecule has 0 atom stereocenters. The molecule has 1 heterocycles. The number of amides is 1. The molecule has 6 rings (SSSR count). The Kier molecular flexibility index (Phi) is 8.21. The maximum Gasteiger partial charge on any atom is 0.271 e. The van der Waals surface area contributed by atoms with Gasteiger partial charge in [-0.25, -0.2) is 10.4 Å². The van der Waals surface area contributed by atoms with Gasteiger partial charge >= 0.3 is 0 Å². The van der Waals surface area contributed by atoms with Crippen molar-refractivity contribution < 1.29 is 9.53 Å². The van der Waals surface area contributed by atoms with Crippen molar-refractivity contribution in [2.75, 3.05) is 5.32 Å². The van der Waals surface area contributed by atoms with E-state index in [1.807, 2.05) is 109 Å². The van der Waals surface area contributed by atoms with Crippen molar-refractivity contribution in [3.63, 3.8) is 0 Å². The third-order valence-electron chi connectivity index (χ3n) is 6.57. The highest BCUT2D eigenvalue weighted by Gasteiger charge is 2.10. The van der Waals surface area contributed by atoms with Crippen molar-refractivity contribution in [1.29, 1.82) is 0 Å². The van der Waals surface area contributed by atoms with Crippen molar-refractivity contribution in [2.24, 2.45) is 5.10 Å². The summed E-state index contributed by atoms with van der Waals surface area (Å²) in [5.41, 5.74) is 7.64. The van der Waals surface area contributed by atoms with Crippen LogP contribution in [0.4, 0.5) is 10.8 Å². The lowest BCUT2D eigenvalue weighted by molar-refractivity contribution is 0.0955. The van der Waals surface area contributed by atoms with Crippen LogP contribution >= 0.6 is 22.9 Å². The highest BCUT2D eigenvalue weighted by atomic mass is 35.5. The molecular formula is C34H25ClN4O2S. The molecule has 0 saturated heterocycles. The van der Waals surface area contributed by atoms with Gasteiger partial charge < -0.3 is 10.1 Å². The Morgan fingerprint density at radius 2 is 1.64 bits per heavy atom. The van der Waals surface area contributed by atoms with Crippen LogP contribution in [0, 0.1) is 0 Å². The molecule has 0 aliphatic carbocycles. The van der Waals surface area contributed by atoms with Crippen LogP contribution in [0.25, 0.3) is 22.0 Å². The zero-order chi connectivity index (χ0) is 28.7. The quantitative estimate of drug-likeness (QED) is 0.131. The second kappa shape index (κ2) is 12.7. The molecule has 2 N–H and O–H groups in total. The van der Waals surface area contributed by atoms with Gasteiger partial charge in [-0.3, -0.25) is 4.79 Å². The molecule has 0 aliphatic heterocycles. The number of rotatable bonds is 9. The Bertz CT molecular complexity index is 1850. The highest BCUT2D eigenvalue weighted by molar-refractivity contribution is 7.14. The number of hydrazone groups is 1. The molecule has 0 unspecified atom stereocenters. The third kappa shape index (κ3) is 6.49. The summed E-state index contributed by atoms with van der Waals surface area (Å²) >= 11 is 7.47. The van der Waals surface area contributed by atoms with Crippen molar-refractivity contribution in [1.82, 2.24) is 10.4 Å². The molecular weight excluding hydrogens is 564 g/mol. The Hall–Kier alpha value is -4.98. The first-order valence-corrected chi connectivity index (χ1v) is 14.5. The molecule has 42 heavy (non-hydrogen) atoms. The molecule has 8 heteroatoms. The number of carbonyl (C=O) groups excluding carboxylic acids is 1. The van der Waals surface area contributed by atoms with E-state index in [2.05, 4.69) is 20.8 Å². The summed E-state index contributed by atoms with van der Waals surface area (Å²) in [5.74, 6) is 0.376. The number of benzene rings is 5. The zero-order valence-corrected chi connectivity index (χ0v) is 23.9. The van der Waals surface area contributed by atoms with Gasteiger partial charge in [0.15, 0.2) is 5.13 Å². The monoisotopic (exact) mass is 588 g/mol. The predicted octanol–water partition coefficient (Wildman–Crippen LogP) is 8.70. The molecule has 1 aromatic heterocycles. The molecule has 0 radical (unpaired) electrons. The number of nitrogens with one attached hydrogen (secondary N) is 2. The minimum absolute atomic E-state index is 0.312. The Balaban J connectivity index is 1.13. The standard InChI is InChI=1S/C34H25ClN4O2S/c35-27-15-17-28(18-16-27)37-34-38-31(22-42-34)25-10-12-26(13-11-25)33(40)39-36-20-30-29-9-5-4-8-24(29)14-19-32(30)41-21-23-6-2-1-3-7-23/h1-20,22H,21H2,(H,37,38)(H,39,40)/b36-20-. The van der Waals surface area contributed by atoms with Gasteiger partial charge in [0.25, 0.3) is 5.91 Å². The lowest BCUT2D eigenvalue weighted by Crippen LogP contribution is -2.17. The van der Waals surface area contributed by atoms with Crippen molar-refractivity contribution in [3.8, 4) is 17.0 Å². The first-order chi connectivity index (χ1) is 20.6. The van der Waals surface area contributed by atoms with Crippen LogP contribution in [0.3, 0.4) is 0 Å². The van der Waals surface area contributed by atoms with Gasteiger partial charge in [-0.1, -0.05) is 84.4 Å². The summed E-state index contributed by atoms with van der Waals surface area (Å²) in [7, 11) is 0. The van der Waals surface area contributed by atoms with E-state index in [0.717, 1.165) is 44.0 Å². The van der Waals surface area contributed by atoms with E-state index in [9.17, 15) is 4.79 Å². The summed E-state index contributed by atoms with van der Waals surface area (Å²) in [5, 5.41) is 13.0. The molecule has 6 aromatic rings. The van der Waals surface area contributed by atoms with Crippen LogP contribution < -0.4 is 15.5 Å². The van der Waals surface area contributed by atoms with Crippen molar-refractivity contribution >= 4 is 56.7 Å². The topological polar surface area (TPSA) is 75.6 Å². The summed E-state index contributed by atoms with van der Waals surface area (Å²) in [6, 6.07) is 36.7. The van der Waals surface area contributed by atoms with E-state index in [0.29, 0.717) is 22.9 Å². The SMILES string of the molecule is O=C(N/N=C\c1c(OCc2ccccc2)ccc2ccccc12)c1ccc(-c2csc(Nc3ccc(Cl)cc3)n2)cc1. The van der Waals surface area contributed by atoms with Gasteiger partial charge in [0, 0.05) is 32.8 Å². The van der Waals surface area contributed by atoms with Crippen molar-refractivity contribution in [3.05, 3.63) is 142 Å². The minimum Gasteiger partial charge on any atom is -0.488 e. The molecule has 0 saturated carbocycles. The van der Waals surface area contributed by atoms with Gasteiger partial charge in [-0.2, -0.15) is 5.10 Å². The van der Waals surface area contributed by atoms with Crippen LogP contribution in [0.5, 0.6) is 5.75 Å². The first-order valence-electron chi connectivity index (χ1n) is 13.2. The summed E-state index contributed by atoms with van der Waals surface area (Å²) < 4.78 is 6.15. The largest absolute Gasteiger partial charge is 0.488 e.